The van der Waals surface area contributed by atoms with Crippen molar-refractivity contribution in [3.8, 4) is 0 Å². The zero-order valence-corrected chi connectivity index (χ0v) is 9.49. The van der Waals surface area contributed by atoms with Crippen molar-refractivity contribution in [2.45, 2.75) is 20.4 Å². The normalized spacial score (nSPS) is 18.8. The lowest BCUT2D eigenvalue weighted by Gasteiger charge is -2.38. The van der Waals surface area contributed by atoms with Crippen LogP contribution in [-0.2, 0) is 11.3 Å². The first-order valence-corrected chi connectivity index (χ1v) is 5.46. The zero-order valence-electron chi connectivity index (χ0n) is 9.49. The summed E-state index contributed by atoms with van der Waals surface area (Å²) in [5.74, 6) is 1.08. The van der Waals surface area contributed by atoms with Crippen LogP contribution in [0.15, 0.2) is 12.4 Å². The van der Waals surface area contributed by atoms with E-state index in [9.17, 15) is 0 Å². The molecule has 0 atom stereocenters. The van der Waals surface area contributed by atoms with Gasteiger partial charge in [-0.2, -0.15) is 0 Å². The standard InChI is InChI=1S/C11H19N3O/c1-10-13-4-6-14(10)5-3-12-7-11(2)8-15-9-11/h4,6,12H,3,5,7-9H2,1-2H3. The quantitative estimate of drug-likeness (QED) is 0.730. The Labute approximate surface area is 90.6 Å². The van der Waals surface area contributed by atoms with Crippen LogP contribution >= 0.6 is 0 Å². The molecule has 2 rings (SSSR count). The van der Waals surface area contributed by atoms with Gasteiger partial charge in [-0.1, -0.05) is 6.92 Å². The van der Waals surface area contributed by atoms with E-state index in [0.717, 1.165) is 38.7 Å². The van der Waals surface area contributed by atoms with Crippen LogP contribution in [0, 0.1) is 12.3 Å². The van der Waals surface area contributed by atoms with E-state index >= 15 is 0 Å². The highest BCUT2D eigenvalue weighted by atomic mass is 16.5. The maximum absolute atomic E-state index is 5.20. The van der Waals surface area contributed by atoms with E-state index in [1.165, 1.54) is 0 Å². The van der Waals surface area contributed by atoms with Crippen molar-refractivity contribution >= 4 is 0 Å². The molecule has 1 N–H and O–H groups in total. The van der Waals surface area contributed by atoms with Gasteiger partial charge in [-0.3, -0.25) is 0 Å². The van der Waals surface area contributed by atoms with E-state index in [4.69, 9.17) is 4.74 Å². The third-order valence-electron chi connectivity index (χ3n) is 2.91. The van der Waals surface area contributed by atoms with Crippen LogP contribution in [0.5, 0.6) is 0 Å². The van der Waals surface area contributed by atoms with Crippen molar-refractivity contribution < 1.29 is 4.74 Å². The molecular weight excluding hydrogens is 190 g/mol. The van der Waals surface area contributed by atoms with Crippen molar-refractivity contribution in [1.29, 1.82) is 0 Å². The molecule has 4 nitrogen and oxygen atoms in total. The Balaban J connectivity index is 1.65. The minimum Gasteiger partial charge on any atom is -0.380 e. The molecule has 84 valence electrons. The molecule has 1 fully saturated rings. The molecule has 0 saturated carbocycles. The number of imidazole rings is 1. The Bertz CT molecular complexity index is 317. The molecule has 1 aliphatic rings. The zero-order chi connectivity index (χ0) is 10.7. The van der Waals surface area contributed by atoms with Crippen molar-refractivity contribution in [2.75, 3.05) is 26.3 Å². The largest absolute Gasteiger partial charge is 0.380 e. The predicted molar refractivity (Wildman–Crippen MR) is 58.8 cm³/mol. The van der Waals surface area contributed by atoms with E-state index < -0.39 is 0 Å². The average Bonchev–Trinajstić information content (AvgIpc) is 2.56. The van der Waals surface area contributed by atoms with E-state index in [2.05, 4.69) is 21.8 Å². The van der Waals surface area contributed by atoms with Gasteiger partial charge < -0.3 is 14.6 Å². The van der Waals surface area contributed by atoms with Crippen LogP contribution in [0.4, 0.5) is 0 Å². The van der Waals surface area contributed by atoms with E-state index in [1.807, 2.05) is 19.3 Å². The molecule has 1 aliphatic heterocycles. The second-order valence-electron chi connectivity index (χ2n) is 4.65. The van der Waals surface area contributed by atoms with Crippen molar-refractivity contribution in [3.63, 3.8) is 0 Å². The van der Waals surface area contributed by atoms with Gasteiger partial charge in [-0.05, 0) is 6.92 Å². The van der Waals surface area contributed by atoms with Crippen molar-refractivity contribution in [3.05, 3.63) is 18.2 Å². The molecule has 0 aromatic carbocycles. The lowest BCUT2D eigenvalue weighted by atomic mass is 9.89. The first-order chi connectivity index (χ1) is 7.20. The van der Waals surface area contributed by atoms with Crippen molar-refractivity contribution in [1.82, 2.24) is 14.9 Å². The maximum atomic E-state index is 5.20. The van der Waals surface area contributed by atoms with E-state index in [-0.39, 0.29) is 0 Å². The third-order valence-corrected chi connectivity index (χ3v) is 2.91. The van der Waals surface area contributed by atoms with Gasteiger partial charge in [-0.25, -0.2) is 4.98 Å². The third kappa shape index (κ3) is 2.58. The van der Waals surface area contributed by atoms with Crippen LogP contribution in [0.3, 0.4) is 0 Å². The summed E-state index contributed by atoms with van der Waals surface area (Å²) in [4.78, 5) is 4.19. The highest BCUT2D eigenvalue weighted by Crippen LogP contribution is 2.24. The van der Waals surface area contributed by atoms with Gasteiger partial charge in [0.1, 0.15) is 5.82 Å². The molecule has 1 saturated heterocycles. The molecule has 4 heteroatoms. The molecule has 0 amide bonds. The second kappa shape index (κ2) is 4.33. The van der Waals surface area contributed by atoms with Gasteiger partial charge in [-0.15, -0.1) is 0 Å². The fourth-order valence-electron chi connectivity index (χ4n) is 1.78. The lowest BCUT2D eigenvalue weighted by molar-refractivity contribution is -0.0989. The van der Waals surface area contributed by atoms with E-state index in [1.54, 1.807) is 0 Å². The minimum atomic E-state index is 0.365. The molecule has 0 bridgehead atoms. The number of ether oxygens (including phenoxy) is 1. The number of nitrogens with one attached hydrogen (secondary N) is 1. The maximum Gasteiger partial charge on any atom is 0.105 e. The fourth-order valence-corrected chi connectivity index (χ4v) is 1.78. The van der Waals surface area contributed by atoms with Crippen LogP contribution in [0.1, 0.15) is 12.7 Å². The molecule has 2 heterocycles. The predicted octanol–water partition coefficient (Wildman–Crippen LogP) is 0.818. The molecule has 1 aromatic heterocycles. The highest BCUT2D eigenvalue weighted by molar-refractivity contribution is 4.88. The number of hydrogen-bond acceptors (Lipinski definition) is 3. The van der Waals surface area contributed by atoms with Gasteiger partial charge in [0.15, 0.2) is 0 Å². The molecule has 0 aliphatic carbocycles. The van der Waals surface area contributed by atoms with Gasteiger partial charge >= 0.3 is 0 Å². The Kier molecular flexibility index (Phi) is 3.07. The summed E-state index contributed by atoms with van der Waals surface area (Å²) in [6.07, 6.45) is 3.86. The lowest BCUT2D eigenvalue weighted by Crippen LogP contribution is -2.47. The van der Waals surface area contributed by atoms with E-state index in [0.29, 0.717) is 5.41 Å². The fraction of sp³-hybridized carbons (Fsp3) is 0.727. The number of nitrogens with zero attached hydrogens (tertiary/aromatic N) is 2. The van der Waals surface area contributed by atoms with Gasteiger partial charge in [0.2, 0.25) is 0 Å². The summed E-state index contributed by atoms with van der Waals surface area (Å²) in [5, 5.41) is 3.46. The van der Waals surface area contributed by atoms with Crippen molar-refractivity contribution in [2.24, 2.45) is 5.41 Å². The minimum absolute atomic E-state index is 0.365. The van der Waals surface area contributed by atoms with Crippen LogP contribution < -0.4 is 5.32 Å². The van der Waals surface area contributed by atoms with Crippen LogP contribution in [0.25, 0.3) is 0 Å². The van der Waals surface area contributed by atoms with Gasteiger partial charge in [0, 0.05) is 37.4 Å². The van der Waals surface area contributed by atoms with Crippen LogP contribution in [0.2, 0.25) is 0 Å². The van der Waals surface area contributed by atoms with Gasteiger partial charge in [0.05, 0.1) is 13.2 Å². The molecule has 0 unspecified atom stereocenters. The summed E-state index contributed by atoms with van der Waals surface area (Å²) < 4.78 is 7.36. The molecular formula is C11H19N3O. The SMILES string of the molecule is Cc1nccn1CCNCC1(C)COC1. The monoisotopic (exact) mass is 209 g/mol. The highest BCUT2D eigenvalue weighted by Gasteiger charge is 2.32. The number of rotatable bonds is 5. The molecule has 1 aromatic rings. The summed E-state index contributed by atoms with van der Waals surface area (Å²) in [6.45, 7) is 9.09. The Morgan fingerprint density at radius 2 is 2.40 bits per heavy atom. The average molecular weight is 209 g/mol. The molecule has 15 heavy (non-hydrogen) atoms. The number of aryl methyl sites for hydroxylation is 1. The second-order valence-corrected chi connectivity index (χ2v) is 4.65. The van der Waals surface area contributed by atoms with Crippen LogP contribution in [-0.4, -0.2) is 35.9 Å². The smallest absolute Gasteiger partial charge is 0.105 e. The Hall–Kier alpha value is -0.870. The number of aromatic nitrogens is 2. The Morgan fingerprint density at radius 1 is 1.60 bits per heavy atom. The Morgan fingerprint density at radius 3 is 2.93 bits per heavy atom. The van der Waals surface area contributed by atoms with Gasteiger partial charge in [0.25, 0.3) is 0 Å². The summed E-state index contributed by atoms with van der Waals surface area (Å²) in [5.41, 5.74) is 0.365. The summed E-state index contributed by atoms with van der Waals surface area (Å²) in [6, 6.07) is 0. The molecule has 0 radical (unpaired) electrons. The first-order valence-electron chi connectivity index (χ1n) is 5.46. The topological polar surface area (TPSA) is 39.1 Å². The summed E-state index contributed by atoms with van der Waals surface area (Å²) in [7, 11) is 0. The summed E-state index contributed by atoms with van der Waals surface area (Å²) >= 11 is 0. The molecule has 0 spiro atoms. The number of hydrogen-bond donors (Lipinski definition) is 1. The first kappa shape index (κ1) is 10.6.